The Morgan fingerprint density at radius 3 is 2.68 bits per heavy atom. The fraction of sp³-hybridized carbons (Fsp3) is 0.842. The molecule has 3 rings (SSSR count). The zero-order valence-corrected chi connectivity index (χ0v) is 18.8. The van der Waals surface area contributed by atoms with Crippen molar-refractivity contribution in [2.24, 2.45) is 24.8 Å². The molecule has 0 N–H and O–H groups in total. The Hall–Kier alpha value is -1.09. The lowest BCUT2D eigenvalue weighted by Crippen LogP contribution is -2.36. The number of aromatic nitrogens is 3. The molecule has 1 saturated carbocycles. The molecule has 0 bridgehead atoms. The summed E-state index contributed by atoms with van der Waals surface area (Å²) in [6.07, 6.45) is 3.82. The smallest absolute Gasteiger partial charge is 0.316 e. The Kier molecular flexibility index (Phi) is 6.74. The van der Waals surface area contributed by atoms with Crippen LogP contribution in [0, 0.1) is 17.8 Å². The third kappa shape index (κ3) is 5.09. The van der Waals surface area contributed by atoms with Crippen LogP contribution in [0.3, 0.4) is 0 Å². The van der Waals surface area contributed by atoms with E-state index in [1.165, 1.54) is 18.2 Å². The highest BCUT2D eigenvalue weighted by Gasteiger charge is 2.34. The summed E-state index contributed by atoms with van der Waals surface area (Å²) in [7, 11) is -1.15. The normalized spacial score (nSPS) is 29.9. The van der Waals surface area contributed by atoms with Crippen molar-refractivity contribution in [2.75, 3.05) is 17.3 Å². The van der Waals surface area contributed by atoms with E-state index in [1.807, 2.05) is 11.6 Å². The number of thioether (sulfide) groups is 1. The zero-order valence-electron chi connectivity index (χ0n) is 17.1. The van der Waals surface area contributed by atoms with Crippen LogP contribution in [0.2, 0.25) is 0 Å². The average molecular weight is 430 g/mol. The summed E-state index contributed by atoms with van der Waals surface area (Å²) in [6, 6.07) is 0. The molecule has 1 aliphatic heterocycles. The summed E-state index contributed by atoms with van der Waals surface area (Å²) in [5.41, 5.74) is 0. The van der Waals surface area contributed by atoms with Crippen molar-refractivity contribution >= 4 is 27.6 Å². The van der Waals surface area contributed by atoms with Gasteiger partial charge < -0.3 is 9.30 Å². The standard InChI is InChI=1S/C19H31N3O4S2/c1-12(2)15-6-5-13(3)9-16(15)26-17(23)10-27-19-21-20-18(22(19)4)14-7-8-28(24,25)11-14/h12-16H,5-11H2,1-4H3. The number of hydrogen-bond acceptors (Lipinski definition) is 7. The van der Waals surface area contributed by atoms with E-state index in [-0.39, 0.29) is 35.2 Å². The summed E-state index contributed by atoms with van der Waals surface area (Å²) < 4.78 is 31.1. The number of sulfone groups is 1. The molecule has 4 atom stereocenters. The molecule has 0 spiro atoms. The Morgan fingerprint density at radius 1 is 1.29 bits per heavy atom. The summed E-state index contributed by atoms with van der Waals surface area (Å²) in [5, 5.41) is 8.95. The summed E-state index contributed by atoms with van der Waals surface area (Å²) in [4.78, 5) is 12.4. The molecule has 0 amide bonds. The molecule has 2 heterocycles. The molecule has 2 fully saturated rings. The molecule has 0 aromatic carbocycles. The number of rotatable bonds is 6. The minimum Gasteiger partial charge on any atom is -0.461 e. The number of esters is 1. The highest BCUT2D eigenvalue weighted by atomic mass is 32.2. The van der Waals surface area contributed by atoms with E-state index >= 15 is 0 Å². The monoisotopic (exact) mass is 429 g/mol. The van der Waals surface area contributed by atoms with Gasteiger partial charge in [0.25, 0.3) is 0 Å². The van der Waals surface area contributed by atoms with Crippen LogP contribution in [-0.4, -0.2) is 52.5 Å². The van der Waals surface area contributed by atoms with Gasteiger partial charge in [-0.05, 0) is 37.0 Å². The first-order valence-corrected chi connectivity index (χ1v) is 12.9. The first kappa shape index (κ1) is 21.6. The van der Waals surface area contributed by atoms with Crippen molar-refractivity contribution in [2.45, 2.75) is 63.6 Å². The zero-order chi connectivity index (χ0) is 20.5. The van der Waals surface area contributed by atoms with Gasteiger partial charge in [-0.15, -0.1) is 10.2 Å². The molecule has 4 unspecified atom stereocenters. The van der Waals surface area contributed by atoms with Crippen LogP contribution in [0.15, 0.2) is 5.16 Å². The van der Waals surface area contributed by atoms with E-state index < -0.39 is 9.84 Å². The Balaban J connectivity index is 1.56. The molecule has 1 aromatic heterocycles. The molecular weight excluding hydrogens is 398 g/mol. The van der Waals surface area contributed by atoms with Crippen LogP contribution in [0.25, 0.3) is 0 Å². The Morgan fingerprint density at radius 2 is 2.04 bits per heavy atom. The van der Waals surface area contributed by atoms with E-state index in [1.54, 1.807) is 0 Å². The Bertz CT molecular complexity index is 806. The molecule has 1 aliphatic carbocycles. The van der Waals surface area contributed by atoms with Gasteiger partial charge in [0.2, 0.25) is 0 Å². The van der Waals surface area contributed by atoms with Gasteiger partial charge in [0.1, 0.15) is 11.9 Å². The second-order valence-corrected chi connectivity index (χ2v) is 11.8. The summed E-state index contributed by atoms with van der Waals surface area (Å²) in [5.74, 6) is 2.38. The average Bonchev–Trinajstić information content (AvgIpc) is 3.14. The predicted molar refractivity (Wildman–Crippen MR) is 109 cm³/mol. The maximum absolute atomic E-state index is 12.4. The van der Waals surface area contributed by atoms with Crippen LogP contribution in [-0.2, 0) is 26.4 Å². The van der Waals surface area contributed by atoms with Crippen molar-refractivity contribution in [3.63, 3.8) is 0 Å². The lowest BCUT2D eigenvalue weighted by atomic mass is 9.75. The molecule has 7 nitrogen and oxygen atoms in total. The van der Waals surface area contributed by atoms with E-state index in [0.29, 0.717) is 35.2 Å². The van der Waals surface area contributed by atoms with Gasteiger partial charge in [0.05, 0.1) is 17.3 Å². The Labute approximate surface area is 171 Å². The number of hydrogen-bond donors (Lipinski definition) is 0. The fourth-order valence-electron chi connectivity index (χ4n) is 4.38. The third-order valence-electron chi connectivity index (χ3n) is 6.03. The van der Waals surface area contributed by atoms with Crippen LogP contribution in [0.1, 0.15) is 58.2 Å². The fourth-order valence-corrected chi connectivity index (χ4v) is 6.82. The van der Waals surface area contributed by atoms with E-state index in [9.17, 15) is 13.2 Å². The maximum Gasteiger partial charge on any atom is 0.316 e. The first-order chi connectivity index (χ1) is 13.2. The van der Waals surface area contributed by atoms with Gasteiger partial charge in [-0.25, -0.2) is 8.42 Å². The first-order valence-electron chi connectivity index (χ1n) is 10.1. The van der Waals surface area contributed by atoms with Crippen molar-refractivity contribution in [1.82, 2.24) is 14.8 Å². The number of carbonyl (C=O) groups excluding carboxylic acids is 1. The molecule has 28 heavy (non-hydrogen) atoms. The van der Waals surface area contributed by atoms with Crippen molar-refractivity contribution in [1.29, 1.82) is 0 Å². The second-order valence-electron chi connectivity index (χ2n) is 8.64. The van der Waals surface area contributed by atoms with Crippen molar-refractivity contribution in [3.8, 4) is 0 Å². The molecular formula is C19H31N3O4S2. The van der Waals surface area contributed by atoms with Crippen molar-refractivity contribution in [3.05, 3.63) is 5.82 Å². The minimum atomic E-state index is -2.97. The molecule has 9 heteroatoms. The van der Waals surface area contributed by atoms with Crippen LogP contribution < -0.4 is 0 Å². The lowest BCUT2D eigenvalue weighted by molar-refractivity contribution is -0.152. The minimum absolute atomic E-state index is 0.00407. The van der Waals surface area contributed by atoms with Gasteiger partial charge in [0, 0.05) is 13.0 Å². The largest absolute Gasteiger partial charge is 0.461 e. The summed E-state index contributed by atoms with van der Waals surface area (Å²) >= 11 is 1.30. The van der Waals surface area contributed by atoms with Gasteiger partial charge in [-0.3, -0.25) is 4.79 Å². The van der Waals surface area contributed by atoms with E-state index in [4.69, 9.17) is 4.74 Å². The lowest BCUT2D eigenvalue weighted by Gasteiger charge is -2.36. The number of ether oxygens (including phenoxy) is 1. The van der Waals surface area contributed by atoms with Gasteiger partial charge in [-0.1, -0.05) is 39.0 Å². The summed E-state index contributed by atoms with van der Waals surface area (Å²) in [6.45, 7) is 6.61. The molecule has 158 valence electrons. The molecule has 2 aliphatic rings. The van der Waals surface area contributed by atoms with Gasteiger partial charge in [0.15, 0.2) is 15.0 Å². The van der Waals surface area contributed by atoms with E-state index in [0.717, 1.165) is 12.8 Å². The van der Waals surface area contributed by atoms with Crippen LogP contribution >= 0.6 is 11.8 Å². The number of nitrogens with zero attached hydrogens (tertiary/aromatic N) is 3. The van der Waals surface area contributed by atoms with Crippen LogP contribution in [0.4, 0.5) is 0 Å². The molecule has 1 aromatic rings. The maximum atomic E-state index is 12.4. The number of carbonyl (C=O) groups is 1. The van der Waals surface area contributed by atoms with Gasteiger partial charge >= 0.3 is 5.97 Å². The quantitative estimate of drug-likeness (QED) is 0.507. The molecule has 1 saturated heterocycles. The topological polar surface area (TPSA) is 91.2 Å². The highest BCUT2D eigenvalue weighted by Crippen LogP contribution is 2.35. The van der Waals surface area contributed by atoms with Gasteiger partial charge in [-0.2, -0.15) is 0 Å². The predicted octanol–water partition coefficient (Wildman–Crippen LogP) is 2.81. The SMILES string of the molecule is CC1CCC(C(C)C)C(OC(=O)CSc2nnc(C3CCS(=O)(=O)C3)n2C)C1. The second kappa shape index (κ2) is 8.73. The molecule has 0 radical (unpaired) electrons. The van der Waals surface area contributed by atoms with Crippen molar-refractivity contribution < 1.29 is 17.9 Å². The van der Waals surface area contributed by atoms with Crippen LogP contribution in [0.5, 0.6) is 0 Å². The van der Waals surface area contributed by atoms with E-state index in [2.05, 4.69) is 31.0 Å². The highest BCUT2D eigenvalue weighted by molar-refractivity contribution is 7.99. The third-order valence-corrected chi connectivity index (χ3v) is 8.79.